The third-order valence-corrected chi connectivity index (χ3v) is 4.40. The van der Waals surface area contributed by atoms with Crippen LogP contribution in [0, 0.1) is 0 Å². The molecule has 0 saturated heterocycles. The summed E-state index contributed by atoms with van der Waals surface area (Å²) in [5.74, 6) is 0. The van der Waals surface area contributed by atoms with Gasteiger partial charge in [-0.3, -0.25) is 4.79 Å². The van der Waals surface area contributed by atoms with Crippen molar-refractivity contribution in [2.75, 3.05) is 0 Å². The van der Waals surface area contributed by atoms with Gasteiger partial charge in [0.15, 0.2) is 6.29 Å². The van der Waals surface area contributed by atoms with Crippen LogP contribution >= 0.6 is 11.3 Å². The molecule has 0 amide bonds. The van der Waals surface area contributed by atoms with Crippen LogP contribution in [0.1, 0.15) is 9.67 Å². The number of rotatable bonds is 1. The molecule has 17 heavy (non-hydrogen) atoms. The van der Waals surface area contributed by atoms with Gasteiger partial charge in [-0.05, 0) is 22.4 Å². The standard InChI is InChI=1S/C15H8OS/c16-8-10-7-13-11-5-1-3-9-4-2-6-12(14(9)11)15(13)17-10/h1-8H. The van der Waals surface area contributed by atoms with Gasteiger partial charge in [-0.2, -0.15) is 0 Å². The highest BCUT2D eigenvalue weighted by molar-refractivity contribution is 7.18. The highest BCUT2D eigenvalue weighted by Gasteiger charge is 2.23. The van der Waals surface area contributed by atoms with E-state index < -0.39 is 0 Å². The van der Waals surface area contributed by atoms with Crippen LogP contribution in [0.4, 0.5) is 0 Å². The lowest BCUT2D eigenvalue weighted by Gasteiger charge is -2.01. The monoisotopic (exact) mass is 236 g/mol. The number of hydrogen-bond acceptors (Lipinski definition) is 2. The molecule has 0 N–H and O–H groups in total. The van der Waals surface area contributed by atoms with E-state index in [1.54, 1.807) is 11.3 Å². The zero-order valence-corrected chi connectivity index (χ0v) is 9.75. The number of benzene rings is 2. The predicted molar refractivity (Wildman–Crippen MR) is 71.6 cm³/mol. The van der Waals surface area contributed by atoms with Crippen molar-refractivity contribution in [1.29, 1.82) is 0 Å². The first kappa shape index (κ1) is 9.14. The van der Waals surface area contributed by atoms with Gasteiger partial charge in [0.1, 0.15) is 0 Å². The summed E-state index contributed by atoms with van der Waals surface area (Å²) in [5, 5.41) is 2.60. The lowest BCUT2D eigenvalue weighted by Crippen LogP contribution is -1.75. The topological polar surface area (TPSA) is 17.1 Å². The molecular formula is C15H8OS. The molecule has 0 unspecified atom stereocenters. The molecule has 4 rings (SSSR count). The molecule has 0 saturated carbocycles. The normalized spacial score (nSPS) is 11.8. The molecule has 3 aromatic rings. The average Bonchev–Trinajstić information content (AvgIpc) is 2.91. The van der Waals surface area contributed by atoms with E-state index in [9.17, 15) is 4.79 Å². The molecule has 2 aromatic carbocycles. The molecule has 2 heteroatoms. The second-order valence-electron chi connectivity index (χ2n) is 4.22. The van der Waals surface area contributed by atoms with Crippen molar-refractivity contribution < 1.29 is 4.79 Å². The van der Waals surface area contributed by atoms with E-state index in [-0.39, 0.29) is 0 Å². The fourth-order valence-corrected chi connectivity index (χ4v) is 3.64. The third kappa shape index (κ3) is 1.06. The van der Waals surface area contributed by atoms with Crippen LogP contribution in [-0.4, -0.2) is 6.29 Å². The average molecular weight is 236 g/mol. The zero-order valence-electron chi connectivity index (χ0n) is 8.94. The molecular weight excluding hydrogens is 228 g/mol. The Morgan fingerprint density at radius 3 is 2.47 bits per heavy atom. The first-order valence-corrected chi connectivity index (χ1v) is 6.31. The van der Waals surface area contributed by atoms with Crippen molar-refractivity contribution in [1.82, 2.24) is 0 Å². The maximum Gasteiger partial charge on any atom is 0.160 e. The summed E-state index contributed by atoms with van der Waals surface area (Å²) in [6.45, 7) is 0. The Bertz CT molecular complexity index is 711. The van der Waals surface area contributed by atoms with Crippen LogP contribution < -0.4 is 0 Å². The Kier molecular flexibility index (Phi) is 1.64. The number of fused-ring (bicyclic) bond motifs is 3. The van der Waals surface area contributed by atoms with Gasteiger partial charge in [-0.1, -0.05) is 36.4 Å². The Morgan fingerprint density at radius 1 is 0.941 bits per heavy atom. The summed E-state index contributed by atoms with van der Waals surface area (Å²) in [6.07, 6.45) is 0.936. The molecule has 0 atom stereocenters. The van der Waals surface area contributed by atoms with Crippen LogP contribution in [0.5, 0.6) is 0 Å². The van der Waals surface area contributed by atoms with Crippen molar-refractivity contribution in [3.05, 3.63) is 47.3 Å². The Balaban J connectivity index is 2.21. The van der Waals surface area contributed by atoms with Gasteiger partial charge >= 0.3 is 0 Å². The van der Waals surface area contributed by atoms with Crippen LogP contribution in [0.3, 0.4) is 0 Å². The number of aldehydes is 1. The molecule has 0 fully saturated rings. The minimum absolute atomic E-state index is 0.807. The molecule has 80 valence electrons. The molecule has 1 aliphatic carbocycles. The van der Waals surface area contributed by atoms with Crippen molar-refractivity contribution in [3.63, 3.8) is 0 Å². The number of carbonyl (C=O) groups excluding carboxylic acids is 1. The first-order valence-electron chi connectivity index (χ1n) is 5.50. The highest BCUT2D eigenvalue weighted by atomic mass is 32.1. The van der Waals surface area contributed by atoms with Gasteiger partial charge in [0.2, 0.25) is 0 Å². The molecule has 0 bridgehead atoms. The summed E-state index contributed by atoms with van der Waals surface area (Å²) in [5.41, 5.74) is 3.74. The van der Waals surface area contributed by atoms with E-state index in [1.165, 1.54) is 32.3 Å². The minimum atomic E-state index is 0.807. The smallest absolute Gasteiger partial charge is 0.160 e. The molecule has 1 aliphatic rings. The van der Waals surface area contributed by atoms with Gasteiger partial charge in [-0.25, -0.2) is 0 Å². The van der Waals surface area contributed by atoms with Crippen LogP contribution in [0.25, 0.3) is 32.3 Å². The Hall–Kier alpha value is -1.93. The summed E-state index contributed by atoms with van der Waals surface area (Å²) >= 11 is 1.58. The fraction of sp³-hybridized carbons (Fsp3) is 0. The van der Waals surface area contributed by atoms with Crippen molar-refractivity contribution in [3.8, 4) is 21.6 Å². The van der Waals surface area contributed by atoms with Crippen molar-refractivity contribution >= 4 is 28.4 Å². The number of carbonyl (C=O) groups is 1. The van der Waals surface area contributed by atoms with E-state index >= 15 is 0 Å². The molecule has 0 spiro atoms. The fourth-order valence-electron chi connectivity index (χ4n) is 2.62. The largest absolute Gasteiger partial charge is 0.297 e. The minimum Gasteiger partial charge on any atom is -0.297 e. The summed E-state index contributed by atoms with van der Waals surface area (Å²) in [4.78, 5) is 12.9. The maximum absolute atomic E-state index is 10.9. The zero-order chi connectivity index (χ0) is 11.4. The van der Waals surface area contributed by atoms with E-state index in [0.29, 0.717) is 0 Å². The molecule has 0 radical (unpaired) electrons. The van der Waals surface area contributed by atoms with Crippen LogP contribution in [0.15, 0.2) is 42.5 Å². The number of hydrogen-bond donors (Lipinski definition) is 0. The second kappa shape index (κ2) is 3.05. The second-order valence-corrected chi connectivity index (χ2v) is 5.30. The molecule has 0 aliphatic heterocycles. The first-order chi connectivity index (χ1) is 8.38. The lowest BCUT2D eigenvalue weighted by molar-refractivity contribution is 0.112. The third-order valence-electron chi connectivity index (χ3n) is 3.31. The van der Waals surface area contributed by atoms with Crippen molar-refractivity contribution in [2.45, 2.75) is 0 Å². The Morgan fingerprint density at radius 2 is 1.71 bits per heavy atom. The molecule has 1 heterocycles. The van der Waals surface area contributed by atoms with Gasteiger partial charge in [-0.15, -0.1) is 11.3 Å². The van der Waals surface area contributed by atoms with Crippen molar-refractivity contribution in [2.24, 2.45) is 0 Å². The van der Waals surface area contributed by atoms with Gasteiger partial charge in [0.05, 0.1) is 4.88 Å². The summed E-state index contributed by atoms with van der Waals surface area (Å²) < 4.78 is 0. The maximum atomic E-state index is 10.9. The number of thiophene rings is 1. The highest BCUT2D eigenvalue weighted by Crippen LogP contribution is 2.50. The molecule has 1 aromatic heterocycles. The predicted octanol–water partition coefficient (Wildman–Crippen LogP) is 4.36. The van der Waals surface area contributed by atoms with Gasteiger partial charge < -0.3 is 0 Å². The summed E-state index contributed by atoms with van der Waals surface area (Å²) in [7, 11) is 0. The lowest BCUT2D eigenvalue weighted by atomic mass is 10.0. The van der Waals surface area contributed by atoms with Crippen LogP contribution in [0.2, 0.25) is 0 Å². The Labute approximate surface area is 102 Å². The SMILES string of the molecule is O=Cc1cc2c(s1)-c1cccc3cccc-2c13. The summed E-state index contributed by atoms with van der Waals surface area (Å²) in [6, 6.07) is 14.7. The quantitative estimate of drug-likeness (QED) is 0.449. The van der Waals surface area contributed by atoms with Crippen LogP contribution in [-0.2, 0) is 0 Å². The van der Waals surface area contributed by atoms with E-state index in [1.807, 2.05) is 6.07 Å². The van der Waals surface area contributed by atoms with Gasteiger partial charge in [0.25, 0.3) is 0 Å². The van der Waals surface area contributed by atoms with E-state index in [2.05, 4.69) is 36.4 Å². The van der Waals surface area contributed by atoms with E-state index in [4.69, 9.17) is 0 Å². The van der Waals surface area contributed by atoms with Gasteiger partial charge in [0, 0.05) is 16.0 Å². The van der Waals surface area contributed by atoms with E-state index in [0.717, 1.165) is 11.2 Å². The molecule has 1 nitrogen and oxygen atoms in total.